The van der Waals surface area contributed by atoms with Crippen LogP contribution in [0.3, 0.4) is 0 Å². The number of ketones is 1. The molecule has 5 heteroatoms. The first kappa shape index (κ1) is 17.2. The Morgan fingerprint density at radius 3 is 2.21 bits per heavy atom. The summed E-state index contributed by atoms with van der Waals surface area (Å²) in [5, 5.41) is 0. The standard InChI is InChI=1S/C19H28N2O3/c1-13(2)21-11-15-9-20(10-16(12-21)19(15)22)8-14-5-6-17(23-3)18(7-14)24-4/h5-7,13,15-16H,8-12H2,1-4H3. The molecule has 5 nitrogen and oxygen atoms in total. The molecule has 0 radical (unpaired) electrons. The summed E-state index contributed by atoms with van der Waals surface area (Å²) >= 11 is 0. The van der Waals surface area contributed by atoms with Crippen LogP contribution in [0.2, 0.25) is 0 Å². The van der Waals surface area contributed by atoms with Gasteiger partial charge in [-0.25, -0.2) is 0 Å². The summed E-state index contributed by atoms with van der Waals surface area (Å²) in [7, 11) is 3.31. The topological polar surface area (TPSA) is 42.0 Å². The van der Waals surface area contributed by atoms with Crippen molar-refractivity contribution in [1.82, 2.24) is 9.80 Å². The number of piperidine rings is 2. The number of carbonyl (C=O) groups is 1. The van der Waals surface area contributed by atoms with Crippen molar-refractivity contribution in [2.75, 3.05) is 40.4 Å². The number of hydrogen-bond donors (Lipinski definition) is 0. The summed E-state index contributed by atoms with van der Waals surface area (Å²) in [4.78, 5) is 17.3. The molecule has 0 spiro atoms. The minimum atomic E-state index is 0.153. The van der Waals surface area contributed by atoms with E-state index in [1.54, 1.807) is 14.2 Å². The molecule has 2 unspecified atom stereocenters. The van der Waals surface area contributed by atoms with E-state index in [9.17, 15) is 4.79 Å². The van der Waals surface area contributed by atoms with Gasteiger partial charge in [0.15, 0.2) is 11.5 Å². The van der Waals surface area contributed by atoms with Crippen LogP contribution in [-0.2, 0) is 11.3 Å². The number of fused-ring (bicyclic) bond motifs is 2. The van der Waals surface area contributed by atoms with E-state index in [1.807, 2.05) is 12.1 Å². The van der Waals surface area contributed by atoms with Gasteiger partial charge in [-0.2, -0.15) is 0 Å². The number of hydrogen-bond acceptors (Lipinski definition) is 5. The molecule has 2 saturated heterocycles. The second-order valence-electron chi connectivity index (χ2n) is 7.23. The molecule has 0 aliphatic carbocycles. The van der Waals surface area contributed by atoms with Crippen LogP contribution in [0.25, 0.3) is 0 Å². The van der Waals surface area contributed by atoms with Gasteiger partial charge in [-0.3, -0.25) is 14.6 Å². The smallest absolute Gasteiger partial charge is 0.161 e. The number of ether oxygens (including phenoxy) is 2. The molecule has 2 aliphatic rings. The zero-order valence-electron chi connectivity index (χ0n) is 15.1. The Morgan fingerprint density at radius 2 is 1.67 bits per heavy atom. The average molecular weight is 332 g/mol. The third-order valence-electron chi connectivity index (χ3n) is 5.26. The van der Waals surface area contributed by atoms with Crippen molar-refractivity contribution < 1.29 is 14.3 Å². The van der Waals surface area contributed by atoms with E-state index in [4.69, 9.17) is 9.47 Å². The predicted molar refractivity (Wildman–Crippen MR) is 93.5 cm³/mol. The van der Waals surface area contributed by atoms with Gasteiger partial charge < -0.3 is 9.47 Å². The first-order valence-electron chi connectivity index (χ1n) is 8.72. The maximum absolute atomic E-state index is 12.5. The Balaban J connectivity index is 1.69. The second kappa shape index (κ2) is 7.11. The number of carbonyl (C=O) groups excluding carboxylic acids is 1. The molecular weight excluding hydrogens is 304 g/mol. The van der Waals surface area contributed by atoms with Crippen molar-refractivity contribution in [2.24, 2.45) is 11.8 Å². The summed E-state index contributed by atoms with van der Waals surface area (Å²) in [5.74, 6) is 2.28. The van der Waals surface area contributed by atoms with Gasteiger partial charge in [-0.1, -0.05) is 6.07 Å². The minimum absolute atomic E-state index is 0.153. The van der Waals surface area contributed by atoms with Crippen LogP contribution in [0.5, 0.6) is 11.5 Å². The molecular formula is C19H28N2O3. The van der Waals surface area contributed by atoms with Crippen molar-refractivity contribution in [3.8, 4) is 11.5 Å². The quantitative estimate of drug-likeness (QED) is 0.825. The van der Waals surface area contributed by atoms with Crippen molar-refractivity contribution in [1.29, 1.82) is 0 Å². The third kappa shape index (κ3) is 3.42. The van der Waals surface area contributed by atoms with Crippen LogP contribution in [0, 0.1) is 11.8 Å². The number of benzene rings is 1. The zero-order chi connectivity index (χ0) is 17.3. The highest BCUT2D eigenvalue weighted by atomic mass is 16.5. The lowest BCUT2D eigenvalue weighted by Crippen LogP contribution is -2.59. The van der Waals surface area contributed by atoms with Crippen molar-refractivity contribution in [3.63, 3.8) is 0 Å². The average Bonchev–Trinajstić information content (AvgIpc) is 2.55. The van der Waals surface area contributed by atoms with Gasteiger partial charge in [0.25, 0.3) is 0 Å². The van der Waals surface area contributed by atoms with Gasteiger partial charge in [0.2, 0.25) is 0 Å². The molecule has 24 heavy (non-hydrogen) atoms. The van der Waals surface area contributed by atoms with Crippen LogP contribution in [0.15, 0.2) is 18.2 Å². The second-order valence-corrected chi connectivity index (χ2v) is 7.23. The summed E-state index contributed by atoms with van der Waals surface area (Å²) in [6, 6.07) is 6.57. The molecule has 1 aromatic carbocycles. The molecule has 0 amide bonds. The van der Waals surface area contributed by atoms with Crippen molar-refractivity contribution >= 4 is 5.78 Å². The number of likely N-dealkylation sites (tertiary alicyclic amines) is 2. The van der Waals surface area contributed by atoms with E-state index >= 15 is 0 Å². The van der Waals surface area contributed by atoms with Crippen molar-refractivity contribution in [2.45, 2.75) is 26.4 Å². The Labute approximate surface area is 144 Å². The van der Waals surface area contributed by atoms with E-state index in [2.05, 4.69) is 29.7 Å². The highest BCUT2D eigenvalue weighted by Gasteiger charge is 2.41. The predicted octanol–water partition coefficient (Wildman–Crippen LogP) is 2.04. The fraction of sp³-hybridized carbons (Fsp3) is 0.632. The summed E-state index contributed by atoms with van der Waals surface area (Å²) in [6.45, 7) is 8.78. The van der Waals surface area contributed by atoms with E-state index in [-0.39, 0.29) is 11.8 Å². The molecule has 2 atom stereocenters. The number of methoxy groups -OCH3 is 2. The number of rotatable bonds is 5. The van der Waals surface area contributed by atoms with Gasteiger partial charge in [0.05, 0.1) is 14.2 Å². The normalized spacial score (nSPS) is 25.1. The van der Waals surface area contributed by atoms with E-state index < -0.39 is 0 Å². The molecule has 132 valence electrons. The summed E-state index contributed by atoms with van der Waals surface area (Å²) in [6.07, 6.45) is 0. The first-order valence-corrected chi connectivity index (χ1v) is 8.72. The molecule has 2 fully saturated rings. The van der Waals surface area contributed by atoms with E-state index in [0.717, 1.165) is 44.2 Å². The number of nitrogens with zero attached hydrogens (tertiary/aromatic N) is 2. The lowest BCUT2D eigenvalue weighted by molar-refractivity contribution is -0.138. The van der Waals surface area contributed by atoms with E-state index in [0.29, 0.717) is 11.8 Å². The van der Waals surface area contributed by atoms with Gasteiger partial charge in [0.1, 0.15) is 5.78 Å². The number of Topliss-reactive ketones (excluding diaryl/α,β-unsaturated/α-hetero) is 1. The Kier molecular flexibility index (Phi) is 5.11. The zero-order valence-corrected chi connectivity index (χ0v) is 15.1. The fourth-order valence-electron chi connectivity index (χ4n) is 3.94. The third-order valence-corrected chi connectivity index (χ3v) is 5.26. The van der Waals surface area contributed by atoms with Gasteiger partial charge in [0, 0.05) is 50.6 Å². The first-order chi connectivity index (χ1) is 11.5. The molecule has 0 aromatic heterocycles. The molecule has 2 heterocycles. The largest absolute Gasteiger partial charge is 0.493 e. The fourth-order valence-corrected chi connectivity index (χ4v) is 3.94. The van der Waals surface area contributed by atoms with Crippen LogP contribution in [0.1, 0.15) is 19.4 Å². The maximum Gasteiger partial charge on any atom is 0.161 e. The minimum Gasteiger partial charge on any atom is -0.493 e. The monoisotopic (exact) mass is 332 g/mol. The molecule has 2 bridgehead atoms. The van der Waals surface area contributed by atoms with Crippen LogP contribution < -0.4 is 9.47 Å². The highest BCUT2D eigenvalue weighted by Crippen LogP contribution is 2.30. The Bertz CT molecular complexity index is 584. The SMILES string of the molecule is COc1ccc(CN2CC3CN(C(C)C)CC(C2)C3=O)cc1OC. The van der Waals surface area contributed by atoms with Crippen LogP contribution in [0.4, 0.5) is 0 Å². The van der Waals surface area contributed by atoms with Gasteiger partial charge in [-0.05, 0) is 31.5 Å². The van der Waals surface area contributed by atoms with Crippen molar-refractivity contribution in [3.05, 3.63) is 23.8 Å². The van der Waals surface area contributed by atoms with Gasteiger partial charge >= 0.3 is 0 Å². The Morgan fingerprint density at radius 1 is 1.04 bits per heavy atom. The summed E-state index contributed by atoms with van der Waals surface area (Å²) in [5.41, 5.74) is 1.20. The molecule has 3 rings (SSSR count). The lowest BCUT2D eigenvalue weighted by Gasteiger charge is -2.46. The molecule has 1 aromatic rings. The molecule has 0 N–H and O–H groups in total. The van der Waals surface area contributed by atoms with E-state index in [1.165, 1.54) is 5.56 Å². The molecule has 2 aliphatic heterocycles. The molecule has 0 saturated carbocycles. The Hall–Kier alpha value is -1.59. The van der Waals surface area contributed by atoms with Gasteiger partial charge in [-0.15, -0.1) is 0 Å². The summed E-state index contributed by atoms with van der Waals surface area (Å²) < 4.78 is 10.7. The lowest BCUT2D eigenvalue weighted by atomic mass is 9.82. The van der Waals surface area contributed by atoms with Crippen LogP contribution >= 0.6 is 0 Å². The highest BCUT2D eigenvalue weighted by molar-refractivity contribution is 5.85. The van der Waals surface area contributed by atoms with Crippen LogP contribution in [-0.4, -0.2) is 62.0 Å². The maximum atomic E-state index is 12.5.